The molecule has 0 fully saturated rings. The Hall–Kier alpha value is -5.23. The fourth-order valence-electron chi connectivity index (χ4n) is 4.21. The Balaban J connectivity index is 0.000000151. The molecule has 6 heteroatoms. The van der Waals surface area contributed by atoms with Gasteiger partial charge >= 0.3 is 0 Å². The Kier molecular flexibility index (Phi) is 13.2. The van der Waals surface area contributed by atoms with Gasteiger partial charge in [0, 0.05) is 55.2 Å². The van der Waals surface area contributed by atoms with Crippen LogP contribution >= 0.6 is 0 Å². The molecule has 43 heavy (non-hydrogen) atoms. The van der Waals surface area contributed by atoms with Crippen LogP contribution in [0.25, 0.3) is 43.9 Å². The fraction of sp³-hybridized carbons (Fsp3) is 0.162. The van der Waals surface area contributed by atoms with E-state index in [0.717, 1.165) is 22.2 Å². The lowest BCUT2D eigenvalue weighted by Gasteiger charge is -1.92. The number of aryl methyl sites for hydroxylation is 2. The molecule has 1 N–H and O–H groups in total. The molecule has 0 saturated carbocycles. The Morgan fingerprint density at radius 1 is 0.488 bits per heavy atom. The number of imidazole rings is 1. The van der Waals surface area contributed by atoms with E-state index in [4.69, 9.17) is 0 Å². The van der Waals surface area contributed by atoms with Crippen LogP contribution < -0.4 is 0 Å². The molecule has 0 spiro atoms. The van der Waals surface area contributed by atoms with Crippen LogP contribution in [0.5, 0.6) is 0 Å². The minimum absolute atomic E-state index is 1.03. The second kappa shape index (κ2) is 17.6. The summed E-state index contributed by atoms with van der Waals surface area (Å²) >= 11 is 0. The van der Waals surface area contributed by atoms with Crippen molar-refractivity contribution in [3.63, 3.8) is 0 Å². The van der Waals surface area contributed by atoms with E-state index in [1.54, 1.807) is 6.33 Å². The normalized spacial score (nSPS) is 9.63. The van der Waals surface area contributed by atoms with E-state index in [1.165, 1.54) is 21.7 Å². The van der Waals surface area contributed by atoms with Gasteiger partial charge in [0.1, 0.15) is 5.65 Å². The molecule has 0 atom stereocenters. The highest BCUT2D eigenvalue weighted by Gasteiger charge is 1.94. The number of aromatic amines is 1. The summed E-state index contributed by atoms with van der Waals surface area (Å²) in [6, 6.07) is 36.6. The van der Waals surface area contributed by atoms with Crippen molar-refractivity contribution in [1.29, 1.82) is 0 Å². The predicted octanol–water partition coefficient (Wildman–Crippen LogP) is 9.60. The van der Waals surface area contributed by atoms with Gasteiger partial charge in [0.2, 0.25) is 0 Å². The molecule has 0 aliphatic rings. The number of pyridine rings is 2. The van der Waals surface area contributed by atoms with Gasteiger partial charge in [-0.3, -0.25) is 4.98 Å². The number of hydrogen-bond acceptors (Lipinski definition) is 3. The molecular formula is C37H42N6. The first-order valence-electron chi connectivity index (χ1n) is 14.7. The molecule has 5 aromatic heterocycles. The zero-order valence-corrected chi connectivity index (χ0v) is 26.0. The first kappa shape index (κ1) is 32.3. The van der Waals surface area contributed by atoms with Gasteiger partial charge in [-0.15, -0.1) is 0 Å². The molecule has 0 radical (unpaired) electrons. The van der Waals surface area contributed by atoms with Crippen molar-refractivity contribution in [3.05, 3.63) is 140 Å². The topological polar surface area (TPSA) is 64.3 Å². The van der Waals surface area contributed by atoms with E-state index in [-0.39, 0.29) is 0 Å². The van der Waals surface area contributed by atoms with Crippen molar-refractivity contribution < 1.29 is 0 Å². The first-order valence-corrected chi connectivity index (χ1v) is 14.7. The Labute approximate surface area is 254 Å². The van der Waals surface area contributed by atoms with Crippen LogP contribution in [0.15, 0.2) is 140 Å². The number of fused-ring (bicyclic) bond motifs is 4. The van der Waals surface area contributed by atoms with Crippen LogP contribution in [0.1, 0.15) is 27.7 Å². The van der Waals surface area contributed by atoms with Gasteiger partial charge in [-0.25, -0.2) is 9.97 Å². The van der Waals surface area contributed by atoms with Gasteiger partial charge in [0.05, 0.1) is 22.9 Å². The van der Waals surface area contributed by atoms with Crippen molar-refractivity contribution in [2.24, 2.45) is 14.1 Å². The third kappa shape index (κ3) is 9.13. The largest absolute Gasteiger partial charge is 0.351 e. The summed E-state index contributed by atoms with van der Waals surface area (Å²) in [7, 11) is 4.05. The smallest absolute Gasteiger partial charge is 0.139 e. The van der Waals surface area contributed by atoms with E-state index in [1.807, 2.05) is 112 Å². The zero-order chi connectivity index (χ0) is 30.9. The summed E-state index contributed by atoms with van der Waals surface area (Å²) in [5.41, 5.74) is 5.52. The number of para-hydroxylation sites is 4. The van der Waals surface area contributed by atoms with E-state index < -0.39 is 0 Å². The molecule has 220 valence electrons. The number of benzene rings is 3. The summed E-state index contributed by atoms with van der Waals surface area (Å²) in [5.74, 6) is 0. The lowest BCUT2D eigenvalue weighted by atomic mass is 10.2. The van der Waals surface area contributed by atoms with Crippen molar-refractivity contribution in [1.82, 2.24) is 29.1 Å². The van der Waals surface area contributed by atoms with Crippen LogP contribution in [0.3, 0.4) is 0 Å². The minimum atomic E-state index is 1.03. The van der Waals surface area contributed by atoms with E-state index >= 15 is 0 Å². The molecule has 0 amide bonds. The van der Waals surface area contributed by atoms with Crippen LogP contribution in [0.2, 0.25) is 0 Å². The molecule has 5 heterocycles. The Morgan fingerprint density at radius 3 is 1.74 bits per heavy atom. The molecule has 0 bridgehead atoms. The van der Waals surface area contributed by atoms with Crippen LogP contribution in [0.4, 0.5) is 0 Å². The van der Waals surface area contributed by atoms with Gasteiger partial charge in [-0.05, 0) is 60.0 Å². The SMILES string of the molecule is CC.CC.Cn1ccc2ccccc21.Cn1ccc2cccnc21.c1ccc2[nH]cnc2c1.c1ccc2ncccc2c1. The van der Waals surface area contributed by atoms with Gasteiger partial charge in [0.15, 0.2) is 0 Å². The molecule has 3 aromatic carbocycles. The van der Waals surface area contributed by atoms with Gasteiger partial charge in [0.25, 0.3) is 0 Å². The summed E-state index contributed by atoms with van der Waals surface area (Å²) in [5, 5.41) is 3.71. The second-order valence-corrected chi connectivity index (χ2v) is 8.94. The average Bonchev–Trinajstić information content (AvgIpc) is 3.83. The van der Waals surface area contributed by atoms with E-state index in [9.17, 15) is 0 Å². The standard InChI is InChI=1S/C9H9N.C9H7N.C8H8N2.C7H6N2.2C2H6/c1-10-7-6-8-4-2-3-5-9(8)10;1-2-6-9-8(4-1)5-3-7-10-9;1-10-6-4-7-3-2-5-9-8(7)10;1-2-4-7-6(3-1)8-5-9-7;2*1-2/h2-7H,1H3;1-7H;2-6H,1H3;1-5H,(H,8,9);2*1-2H3. The third-order valence-corrected chi connectivity index (χ3v) is 6.26. The van der Waals surface area contributed by atoms with Crippen molar-refractivity contribution >= 4 is 43.9 Å². The summed E-state index contributed by atoms with van der Waals surface area (Å²) in [4.78, 5) is 15.5. The molecule has 8 aromatic rings. The lowest BCUT2D eigenvalue weighted by Crippen LogP contribution is -1.85. The average molecular weight is 571 g/mol. The first-order chi connectivity index (χ1) is 21.2. The van der Waals surface area contributed by atoms with Crippen LogP contribution in [-0.4, -0.2) is 29.1 Å². The lowest BCUT2D eigenvalue weighted by molar-refractivity contribution is 0.948. The fourth-order valence-corrected chi connectivity index (χ4v) is 4.21. The highest BCUT2D eigenvalue weighted by atomic mass is 15.0. The maximum absolute atomic E-state index is 4.20. The molecule has 6 nitrogen and oxygen atoms in total. The third-order valence-electron chi connectivity index (χ3n) is 6.26. The van der Waals surface area contributed by atoms with Gasteiger partial charge in [-0.2, -0.15) is 0 Å². The quantitative estimate of drug-likeness (QED) is 0.197. The number of rotatable bonds is 0. The van der Waals surface area contributed by atoms with E-state index in [2.05, 4.69) is 92.3 Å². The van der Waals surface area contributed by atoms with Gasteiger partial charge in [-0.1, -0.05) is 82.3 Å². The second-order valence-electron chi connectivity index (χ2n) is 8.94. The van der Waals surface area contributed by atoms with Crippen LogP contribution in [0, 0.1) is 0 Å². The summed E-state index contributed by atoms with van der Waals surface area (Å²) < 4.78 is 4.13. The number of nitrogens with one attached hydrogen (secondary N) is 1. The van der Waals surface area contributed by atoms with E-state index in [0.29, 0.717) is 0 Å². The van der Waals surface area contributed by atoms with Gasteiger partial charge < -0.3 is 14.1 Å². The predicted molar refractivity (Wildman–Crippen MR) is 184 cm³/mol. The Morgan fingerprint density at radius 2 is 1.05 bits per heavy atom. The molecule has 0 saturated heterocycles. The highest BCUT2D eigenvalue weighted by Crippen LogP contribution is 2.13. The van der Waals surface area contributed by atoms with Crippen molar-refractivity contribution in [2.75, 3.05) is 0 Å². The molecular weight excluding hydrogens is 528 g/mol. The highest BCUT2D eigenvalue weighted by molar-refractivity contribution is 5.80. The molecule has 0 aliphatic heterocycles. The molecule has 0 unspecified atom stereocenters. The monoisotopic (exact) mass is 570 g/mol. The number of aromatic nitrogens is 6. The maximum atomic E-state index is 4.20. The summed E-state index contributed by atoms with van der Waals surface area (Å²) in [6.45, 7) is 8.00. The number of hydrogen-bond donors (Lipinski definition) is 1. The number of H-pyrrole nitrogens is 1. The van der Waals surface area contributed by atoms with Crippen molar-refractivity contribution in [2.45, 2.75) is 27.7 Å². The zero-order valence-electron chi connectivity index (χ0n) is 26.0. The van der Waals surface area contributed by atoms with Crippen LogP contribution in [-0.2, 0) is 14.1 Å². The Bertz CT molecular complexity index is 1740. The summed E-state index contributed by atoms with van der Waals surface area (Å²) in [6.07, 6.45) is 9.40. The number of nitrogens with zero attached hydrogens (tertiary/aromatic N) is 5. The van der Waals surface area contributed by atoms with Crippen molar-refractivity contribution in [3.8, 4) is 0 Å². The minimum Gasteiger partial charge on any atom is -0.351 e. The molecule has 8 rings (SSSR count). The molecule has 0 aliphatic carbocycles. The maximum Gasteiger partial charge on any atom is 0.139 e.